The van der Waals surface area contributed by atoms with Gasteiger partial charge in [0.25, 0.3) is 0 Å². The Kier molecular flexibility index (Phi) is 2.08. The Hall–Kier alpha value is -1.94. The average molecular weight is 231 g/mol. The number of hydrogen-bond acceptors (Lipinski definition) is 3. The van der Waals surface area contributed by atoms with E-state index in [0.29, 0.717) is 10.8 Å². The van der Waals surface area contributed by atoms with Crippen molar-refractivity contribution in [2.24, 2.45) is 0 Å². The van der Waals surface area contributed by atoms with E-state index in [4.69, 9.17) is 11.6 Å². The molecule has 0 aromatic carbocycles. The van der Waals surface area contributed by atoms with Crippen molar-refractivity contribution in [3.8, 4) is 11.5 Å². The molecule has 0 radical (unpaired) electrons. The molecular formula is C11H7ClN4. The van der Waals surface area contributed by atoms with Crippen LogP contribution in [0, 0.1) is 0 Å². The molecule has 0 bridgehead atoms. The number of nitrogens with zero attached hydrogens (tertiary/aromatic N) is 4. The van der Waals surface area contributed by atoms with Crippen LogP contribution in [0.15, 0.2) is 42.7 Å². The van der Waals surface area contributed by atoms with Gasteiger partial charge in [0.2, 0.25) is 0 Å². The van der Waals surface area contributed by atoms with Crippen LogP contribution in [-0.2, 0) is 0 Å². The van der Waals surface area contributed by atoms with E-state index in [1.54, 1.807) is 18.5 Å². The van der Waals surface area contributed by atoms with Gasteiger partial charge < -0.3 is 0 Å². The molecule has 3 aromatic rings. The summed E-state index contributed by atoms with van der Waals surface area (Å²) in [5, 5.41) is 8.79. The maximum Gasteiger partial charge on any atom is 0.187 e. The molecular weight excluding hydrogens is 224 g/mol. The lowest BCUT2D eigenvalue weighted by Gasteiger charge is -1.98. The predicted octanol–water partition coefficient (Wildman–Crippen LogP) is 2.44. The van der Waals surface area contributed by atoms with Crippen LogP contribution >= 0.6 is 11.6 Å². The lowest BCUT2D eigenvalue weighted by Crippen LogP contribution is -1.90. The normalized spacial score (nSPS) is 10.8. The SMILES string of the molecule is Clc1ccc2nnc(-c3ccccn3)n2c1. The molecule has 0 unspecified atom stereocenters. The number of fused-ring (bicyclic) bond motifs is 1. The van der Waals surface area contributed by atoms with Crippen molar-refractivity contribution in [2.75, 3.05) is 0 Å². The first-order chi connectivity index (χ1) is 7.84. The molecule has 0 aliphatic carbocycles. The highest BCUT2D eigenvalue weighted by Gasteiger charge is 2.08. The molecule has 0 spiro atoms. The third-order valence-electron chi connectivity index (χ3n) is 2.26. The maximum atomic E-state index is 5.94. The van der Waals surface area contributed by atoms with E-state index < -0.39 is 0 Å². The van der Waals surface area contributed by atoms with E-state index in [-0.39, 0.29) is 0 Å². The van der Waals surface area contributed by atoms with E-state index in [1.165, 1.54) is 0 Å². The first kappa shape index (κ1) is 9.30. The highest BCUT2D eigenvalue weighted by molar-refractivity contribution is 6.30. The summed E-state index contributed by atoms with van der Waals surface area (Å²) < 4.78 is 1.82. The molecule has 0 saturated heterocycles. The zero-order chi connectivity index (χ0) is 11.0. The van der Waals surface area contributed by atoms with E-state index in [1.807, 2.05) is 28.7 Å². The van der Waals surface area contributed by atoms with E-state index in [9.17, 15) is 0 Å². The number of halogens is 1. The van der Waals surface area contributed by atoms with Crippen molar-refractivity contribution in [1.29, 1.82) is 0 Å². The summed E-state index contributed by atoms with van der Waals surface area (Å²) in [5.41, 5.74) is 1.53. The van der Waals surface area contributed by atoms with Crippen LogP contribution in [0.1, 0.15) is 0 Å². The van der Waals surface area contributed by atoms with Crippen molar-refractivity contribution >= 4 is 17.2 Å². The minimum Gasteiger partial charge on any atom is -0.280 e. The van der Waals surface area contributed by atoms with Gasteiger partial charge in [0.15, 0.2) is 11.5 Å². The molecule has 0 aliphatic heterocycles. The van der Waals surface area contributed by atoms with E-state index in [2.05, 4.69) is 15.2 Å². The van der Waals surface area contributed by atoms with Crippen molar-refractivity contribution in [1.82, 2.24) is 19.6 Å². The minimum absolute atomic E-state index is 0.643. The van der Waals surface area contributed by atoms with Crippen LogP contribution in [0.2, 0.25) is 5.02 Å². The fourth-order valence-electron chi connectivity index (χ4n) is 1.53. The minimum atomic E-state index is 0.643. The third-order valence-corrected chi connectivity index (χ3v) is 2.48. The van der Waals surface area contributed by atoms with Gasteiger partial charge in [-0.3, -0.25) is 9.38 Å². The first-order valence-electron chi connectivity index (χ1n) is 4.76. The Morgan fingerprint density at radius 1 is 1.06 bits per heavy atom. The number of hydrogen-bond donors (Lipinski definition) is 0. The van der Waals surface area contributed by atoms with Crippen molar-refractivity contribution in [3.05, 3.63) is 47.7 Å². The van der Waals surface area contributed by atoms with Crippen LogP contribution in [-0.4, -0.2) is 19.6 Å². The van der Waals surface area contributed by atoms with Crippen molar-refractivity contribution in [2.45, 2.75) is 0 Å². The van der Waals surface area contributed by atoms with Crippen LogP contribution in [0.5, 0.6) is 0 Å². The summed E-state index contributed by atoms with van der Waals surface area (Å²) >= 11 is 5.94. The molecule has 0 saturated carbocycles. The van der Waals surface area contributed by atoms with Gasteiger partial charge in [-0.15, -0.1) is 10.2 Å². The monoisotopic (exact) mass is 230 g/mol. The number of rotatable bonds is 1. The highest BCUT2D eigenvalue weighted by Crippen LogP contribution is 2.17. The Morgan fingerprint density at radius 3 is 2.81 bits per heavy atom. The standard InChI is InChI=1S/C11H7ClN4/c12-8-4-5-10-14-15-11(16(10)7-8)9-3-1-2-6-13-9/h1-7H. The number of pyridine rings is 2. The Balaban J connectivity index is 2.29. The van der Waals surface area contributed by atoms with Crippen LogP contribution < -0.4 is 0 Å². The molecule has 16 heavy (non-hydrogen) atoms. The molecule has 5 heteroatoms. The molecule has 3 heterocycles. The van der Waals surface area contributed by atoms with Crippen molar-refractivity contribution in [3.63, 3.8) is 0 Å². The fraction of sp³-hybridized carbons (Fsp3) is 0. The lowest BCUT2D eigenvalue weighted by molar-refractivity contribution is 1.09. The topological polar surface area (TPSA) is 43.1 Å². The second kappa shape index (κ2) is 3.57. The summed E-state index contributed by atoms with van der Waals surface area (Å²) in [6, 6.07) is 9.26. The van der Waals surface area contributed by atoms with Crippen molar-refractivity contribution < 1.29 is 0 Å². The van der Waals surface area contributed by atoms with Gasteiger partial charge in [-0.2, -0.15) is 0 Å². The van der Waals surface area contributed by atoms with Gasteiger partial charge in [-0.05, 0) is 24.3 Å². The van der Waals surface area contributed by atoms with Gasteiger partial charge in [0.05, 0.1) is 5.02 Å². The summed E-state index contributed by atoms with van der Waals surface area (Å²) in [6.45, 7) is 0. The Labute approximate surface area is 96.5 Å². The smallest absolute Gasteiger partial charge is 0.187 e. The summed E-state index contributed by atoms with van der Waals surface area (Å²) in [5.74, 6) is 0.693. The van der Waals surface area contributed by atoms with Crippen LogP contribution in [0.4, 0.5) is 0 Å². The summed E-state index contributed by atoms with van der Waals surface area (Å²) in [6.07, 6.45) is 3.50. The number of aromatic nitrogens is 4. The van der Waals surface area contributed by atoms with Crippen LogP contribution in [0.3, 0.4) is 0 Å². The predicted molar refractivity (Wildman–Crippen MR) is 61.2 cm³/mol. The van der Waals surface area contributed by atoms with Gasteiger partial charge in [-0.1, -0.05) is 17.7 Å². The van der Waals surface area contributed by atoms with Gasteiger partial charge in [0.1, 0.15) is 5.69 Å². The highest BCUT2D eigenvalue weighted by atomic mass is 35.5. The molecule has 78 valence electrons. The second-order valence-corrected chi connectivity index (χ2v) is 3.75. The molecule has 3 aromatic heterocycles. The third kappa shape index (κ3) is 1.44. The molecule has 0 atom stereocenters. The molecule has 3 rings (SSSR count). The summed E-state index contributed by atoms with van der Waals surface area (Å²) in [4.78, 5) is 4.23. The fourth-order valence-corrected chi connectivity index (χ4v) is 1.70. The average Bonchev–Trinajstić information content (AvgIpc) is 2.73. The molecule has 0 N–H and O–H groups in total. The molecule has 0 amide bonds. The second-order valence-electron chi connectivity index (χ2n) is 3.31. The molecule has 0 fully saturated rings. The maximum absolute atomic E-state index is 5.94. The zero-order valence-electron chi connectivity index (χ0n) is 8.21. The van der Waals surface area contributed by atoms with Gasteiger partial charge in [-0.25, -0.2) is 0 Å². The lowest BCUT2D eigenvalue weighted by atomic mass is 10.3. The largest absolute Gasteiger partial charge is 0.280 e. The summed E-state index contributed by atoms with van der Waals surface area (Å²) in [7, 11) is 0. The quantitative estimate of drug-likeness (QED) is 0.645. The molecule has 0 aliphatic rings. The molecule has 4 nitrogen and oxygen atoms in total. The van der Waals surface area contributed by atoms with E-state index in [0.717, 1.165) is 11.3 Å². The Bertz CT molecular complexity index is 633. The first-order valence-corrected chi connectivity index (χ1v) is 5.14. The van der Waals surface area contributed by atoms with Gasteiger partial charge in [0, 0.05) is 12.4 Å². The Morgan fingerprint density at radius 2 is 2.00 bits per heavy atom. The van der Waals surface area contributed by atoms with Crippen LogP contribution in [0.25, 0.3) is 17.2 Å². The van der Waals surface area contributed by atoms with E-state index >= 15 is 0 Å². The van der Waals surface area contributed by atoms with Gasteiger partial charge >= 0.3 is 0 Å². The zero-order valence-corrected chi connectivity index (χ0v) is 8.96.